The summed E-state index contributed by atoms with van der Waals surface area (Å²) in [6, 6.07) is 0. The van der Waals surface area contributed by atoms with Gasteiger partial charge in [0.1, 0.15) is 5.75 Å². The van der Waals surface area contributed by atoms with E-state index in [1.54, 1.807) is 0 Å². The van der Waals surface area contributed by atoms with Crippen molar-refractivity contribution in [3.05, 3.63) is 0 Å². The summed E-state index contributed by atoms with van der Waals surface area (Å²) < 4.78 is 0. The van der Waals surface area contributed by atoms with E-state index in [2.05, 4.69) is 28.4 Å². The largest absolute Gasteiger partial charge is 0.117 e. The van der Waals surface area contributed by atoms with Gasteiger partial charge in [-0.2, -0.15) is 0 Å². The SMILES string of the molecule is C[S+](C)CCBr. The normalized spacial score (nSPS) is 10.0. The zero-order valence-electron chi connectivity index (χ0n) is 4.20. The molecule has 2 heteroatoms. The minimum atomic E-state index is 0.638. The zero-order valence-corrected chi connectivity index (χ0v) is 6.60. The zero-order chi connectivity index (χ0) is 4.99. The van der Waals surface area contributed by atoms with Crippen molar-refractivity contribution in [2.45, 2.75) is 0 Å². The van der Waals surface area contributed by atoms with Crippen LogP contribution in [0, 0.1) is 0 Å². The molecule has 0 spiro atoms. The van der Waals surface area contributed by atoms with E-state index in [-0.39, 0.29) is 0 Å². The molecule has 0 bridgehead atoms. The van der Waals surface area contributed by atoms with E-state index in [9.17, 15) is 0 Å². The molecule has 0 heterocycles. The lowest BCUT2D eigenvalue weighted by molar-refractivity contribution is 1.56. The summed E-state index contributed by atoms with van der Waals surface area (Å²) in [7, 11) is 0.638. The third-order valence-electron chi connectivity index (χ3n) is 0.485. The first-order chi connectivity index (χ1) is 2.77. The Morgan fingerprint density at radius 2 is 2.00 bits per heavy atom. The van der Waals surface area contributed by atoms with Crippen LogP contribution < -0.4 is 0 Å². The van der Waals surface area contributed by atoms with Crippen molar-refractivity contribution in [3.63, 3.8) is 0 Å². The fourth-order valence-electron chi connectivity index (χ4n) is 0.154. The highest BCUT2D eigenvalue weighted by Crippen LogP contribution is 1.86. The Hall–Kier alpha value is 0.830. The monoisotopic (exact) mass is 169 g/mol. The first kappa shape index (κ1) is 6.83. The van der Waals surface area contributed by atoms with E-state index in [1.165, 1.54) is 5.75 Å². The molecule has 0 aromatic heterocycles. The van der Waals surface area contributed by atoms with Crippen LogP contribution in [0.4, 0.5) is 0 Å². The summed E-state index contributed by atoms with van der Waals surface area (Å²) in [5.74, 6) is 1.32. The van der Waals surface area contributed by atoms with E-state index in [4.69, 9.17) is 0 Å². The van der Waals surface area contributed by atoms with E-state index in [0.29, 0.717) is 10.9 Å². The molecule has 0 aromatic carbocycles. The maximum absolute atomic E-state index is 3.36. The molecule has 0 radical (unpaired) electrons. The predicted octanol–water partition coefficient (Wildman–Crippen LogP) is 1.26. The Kier molecular flexibility index (Phi) is 4.56. The van der Waals surface area contributed by atoms with Crippen molar-refractivity contribution in [1.29, 1.82) is 0 Å². The first-order valence-corrected chi connectivity index (χ1v) is 5.20. The molecule has 6 heavy (non-hydrogen) atoms. The predicted molar refractivity (Wildman–Crippen MR) is 37.9 cm³/mol. The van der Waals surface area contributed by atoms with Crippen molar-refractivity contribution < 1.29 is 0 Å². The van der Waals surface area contributed by atoms with Crippen LogP contribution in [-0.4, -0.2) is 23.6 Å². The van der Waals surface area contributed by atoms with Gasteiger partial charge in [0.05, 0.1) is 12.5 Å². The number of halogens is 1. The topological polar surface area (TPSA) is 0 Å². The molecule has 0 saturated carbocycles. The fraction of sp³-hybridized carbons (Fsp3) is 1.00. The number of alkyl halides is 1. The van der Waals surface area contributed by atoms with E-state index in [1.807, 2.05) is 0 Å². The molecule has 0 aliphatic rings. The molecule has 0 unspecified atom stereocenters. The summed E-state index contributed by atoms with van der Waals surface area (Å²) >= 11 is 3.36. The summed E-state index contributed by atoms with van der Waals surface area (Å²) in [6.45, 7) is 0. The molecule has 0 aliphatic carbocycles. The van der Waals surface area contributed by atoms with E-state index >= 15 is 0 Å². The molecular weight excluding hydrogens is 160 g/mol. The van der Waals surface area contributed by atoms with Gasteiger partial charge in [-0.15, -0.1) is 0 Å². The summed E-state index contributed by atoms with van der Waals surface area (Å²) in [5, 5.41) is 1.16. The van der Waals surface area contributed by atoms with Gasteiger partial charge in [0.25, 0.3) is 0 Å². The van der Waals surface area contributed by atoms with Gasteiger partial charge in [-0.1, -0.05) is 15.9 Å². The summed E-state index contributed by atoms with van der Waals surface area (Å²) in [4.78, 5) is 0. The summed E-state index contributed by atoms with van der Waals surface area (Å²) in [6.07, 6.45) is 4.50. The second kappa shape index (κ2) is 4.00. The highest BCUT2D eigenvalue weighted by Gasteiger charge is 1.95. The van der Waals surface area contributed by atoms with Crippen LogP contribution in [0.3, 0.4) is 0 Å². The number of hydrogen-bond acceptors (Lipinski definition) is 0. The Morgan fingerprint density at radius 3 is 2.00 bits per heavy atom. The van der Waals surface area contributed by atoms with Gasteiger partial charge < -0.3 is 0 Å². The Labute approximate surface area is 50.8 Å². The van der Waals surface area contributed by atoms with Crippen LogP contribution in [0.25, 0.3) is 0 Å². The van der Waals surface area contributed by atoms with Gasteiger partial charge in [0.15, 0.2) is 0 Å². The molecule has 38 valence electrons. The maximum Gasteiger partial charge on any atom is 0.117 e. The molecule has 0 saturated heterocycles. The lowest BCUT2D eigenvalue weighted by atomic mass is 11.0. The minimum absolute atomic E-state index is 0.638. The molecule has 0 aromatic rings. The fourth-order valence-corrected chi connectivity index (χ4v) is 2.41. The third kappa shape index (κ3) is 4.83. The number of rotatable bonds is 2. The van der Waals surface area contributed by atoms with Crippen molar-refractivity contribution in [2.75, 3.05) is 23.6 Å². The second-order valence-electron chi connectivity index (χ2n) is 1.38. The van der Waals surface area contributed by atoms with Gasteiger partial charge in [0, 0.05) is 5.33 Å². The molecule has 0 fully saturated rings. The Morgan fingerprint density at radius 1 is 1.50 bits per heavy atom. The molecule has 0 nitrogen and oxygen atoms in total. The molecule has 0 atom stereocenters. The second-order valence-corrected chi connectivity index (χ2v) is 4.55. The van der Waals surface area contributed by atoms with Crippen molar-refractivity contribution in [3.8, 4) is 0 Å². The smallest absolute Gasteiger partial charge is 0.0877 e. The Balaban J connectivity index is 2.63. The van der Waals surface area contributed by atoms with Crippen LogP contribution in [0.1, 0.15) is 0 Å². The highest BCUT2D eigenvalue weighted by atomic mass is 79.9. The Bertz CT molecular complexity index is 28.7. The summed E-state index contributed by atoms with van der Waals surface area (Å²) in [5.41, 5.74) is 0. The van der Waals surface area contributed by atoms with Crippen LogP contribution in [0.15, 0.2) is 0 Å². The van der Waals surface area contributed by atoms with Crippen LogP contribution in [0.5, 0.6) is 0 Å². The van der Waals surface area contributed by atoms with Gasteiger partial charge in [-0.25, -0.2) is 0 Å². The molecule has 0 amide bonds. The van der Waals surface area contributed by atoms with E-state index in [0.717, 1.165) is 5.33 Å². The molecule has 0 N–H and O–H groups in total. The maximum atomic E-state index is 3.36. The van der Waals surface area contributed by atoms with Crippen molar-refractivity contribution >= 4 is 26.8 Å². The van der Waals surface area contributed by atoms with Crippen LogP contribution in [-0.2, 0) is 10.9 Å². The quantitative estimate of drug-likeness (QED) is 0.432. The average molecular weight is 170 g/mol. The molecular formula is C4H10BrS+. The lowest BCUT2D eigenvalue weighted by Gasteiger charge is -1.86. The minimum Gasteiger partial charge on any atom is -0.0877 e. The average Bonchev–Trinajstić information content (AvgIpc) is 1.35. The molecule has 0 rings (SSSR count). The van der Waals surface area contributed by atoms with Gasteiger partial charge in [-0.05, 0) is 10.9 Å². The van der Waals surface area contributed by atoms with Crippen LogP contribution in [0.2, 0.25) is 0 Å². The lowest BCUT2D eigenvalue weighted by Crippen LogP contribution is -2.01. The standard InChI is InChI=1S/C4H10BrS/c1-6(2)4-3-5/h3-4H2,1-2H3/q+1. The van der Waals surface area contributed by atoms with Crippen molar-refractivity contribution in [2.24, 2.45) is 0 Å². The highest BCUT2D eigenvalue weighted by molar-refractivity contribution is 9.09. The van der Waals surface area contributed by atoms with Crippen molar-refractivity contribution in [1.82, 2.24) is 0 Å². The van der Waals surface area contributed by atoms with Gasteiger partial charge in [0.2, 0.25) is 0 Å². The van der Waals surface area contributed by atoms with Gasteiger partial charge in [-0.3, -0.25) is 0 Å². The third-order valence-corrected chi connectivity index (χ3v) is 2.43. The van der Waals surface area contributed by atoms with Crippen LogP contribution >= 0.6 is 15.9 Å². The molecule has 0 aliphatic heterocycles. The number of hydrogen-bond donors (Lipinski definition) is 0. The van der Waals surface area contributed by atoms with Gasteiger partial charge >= 0.3 is 0 Å². The first-order valence-electron chi connectivity index (χ1n) is 1.87. The van der Waals surface area contributed by atoms with E-state index < -0.39 is 0 Å².